The van der Waals surface area contributed by atoms with Crippen LogP contribution in [0.4, 0.5) is 11.4 Å². The fourth-order valence-electron chi connectivity index (χ4n) is 3.90. The minimum Gasteiger partial charge on any atom is -0.495 e. The van der Waals surface area contributed by atoms with Gasteiger partial charge in [0.25, 0.3) is 11.6 Å². The summed E-state index contributed by atoms with van der Waals surface area (Å²) in [6.07, 6.45) is 2.69. The van der Waals surface area contributed by atoms with Crippen molar-refractivity contribution < 1.29 is 19.2 Å². The van der Waals surface area contributed by atoms with Crippen LogP contribution in [0.2, 0.25) is 0 Å². The number of amides is 1. The van der Waals surface area contributed by atoms with Crippen LogP contribution in [0.25, 0.3) is 11.8 Å². The van der Waals surface area contributed by atoms with Gasteiger partial charge in [-0.3, -0.25) is 14.9 Å². The Morgan fingerprint density at radius 3 is 2.50 bits per heavy atom. The van der Waals surface area contributed by atoms with Crippen LogP contribution in [0.5, 0.6) is 17.4 Å². The number of aromatic nitrogens is 2. The third kappa shape index (κ3) is 5.52. The highest BCUT2D eigenvalue weighted by Gasteiger charge is 2.16. The number of aryl methyl sites for hydroxylation is 1. The average Bonchev–Trinajstić information content (AvgIpc) is 3.20. The molecule has 0 aliphatic rings. The molecule has 0 bridgehead atoms. The molecule has 4 rings (SSSR count). The van der Waals surface area contributed by atoms with Gasteiger partial charge in [-0.2, -0.15) is 5.26 Å². The van der Waals surface area contributed by atoms with Crippen LogP contribution < -0.4 is 14.8 Å². The lowest BCUT2D eigenvalue weighted by Crippen LogP contribution is -2.14. The molecule has 0 aliphatic carbocycles. The van der Waals surface area contributed by atoms with Crippen molar-refractivity contribution in [3.63, 3.8) is 0 Å². The number of carbonyl (C=O) groups is 1. The summed E-state index contributed by atoms with van der Waals surface area (Å²) in [4.78, 5) is 27.0. The van der Waals surface area contributed by atoms with Crippen molar-refractivity contribution in [2.24, 2.45) is 0 Å². The molecule has 0 spiro atoms. The topological polar surface area (TPSA) is 132 Å². The third-order valence-corrected chi connectivity index (χ3v) is 5.74. The molecule has 190 valence electrons. The first-order chi connectivity index (χ1) is 18.3. The van der Waals surface area contributed by atoms with Crippen molar-refractivity contribution >= 4 is 23.4 Å². The Balaban J connectivity index is 1.54. The number of nitrogens with one attached hydrogen (secondary N) is 1. The van der Waals surface area contributed by atoms with Gasteiger partial charge in [-0.05, 0) is 68.0 Å². The molecule has 0 saturated heterocycles. The van der Waals surface area contributed by atoms with Crippen molar-refractivity contribution in [1.29, 1.82) is 5.26 Å². The van der Waals surface area contributed by atoms with E-state index in [0.717, 1.165) is 28.8 Å². The van der Waals surface area contributed by atoms with Crippen LogP contribution in [-0.4, -0.2) is 27.5 Å². The Labute approximate surface area is 218 Å². The molecule has 0 unspecified atom stereocenters. The monoisotopic (exact) mass is 509 g/mol. The molecule has 0 atom stereocenters. The van der Waals surface area contributed by atoms with Crippen molar-refractivity contribution in [2.75, 3.05) is 12.4 Å². The van der Waals surface area contributed by atoms with Gasteiger partial charge in [-0.15, -0.1) is 0 Å². The second-order valence-electron chi connectivity index (χ2n) is 8.19. The molecule has 1 N–H and O–H groups in total. The number of hydrogen-bond donors (Lipinski definition) is 1. The van der Waals surface area contributed by atoms with Gasteiger partial charge in [0.05, 0.1) is 17.7 Å². The highest BCUT2D eigenvalue weighted by molar-refractivity contribution is 6.10. The van der Waals surface area contributed by atoms with Gasteiger partial charge in [0, 0.05) is 29.2 Å². The van der Waals surface area contributed by atoms with Crippen LogP contribution in [0.1, 0.15) is 17.0 Å². The number of pyridine rings is 1. The number of nitrogens with zero attached hydrogens (tertiary/aromatic N) is 4. The zero-order valence-electron chi connectivity index (χ0n) is 20.8. The van der Waals surface area contributed by atoms with E-state index in [0.29, 0.717) is 17.2 Å². The van der Waals surface area contributed by atoms with Crippen molar-refractivity contribution in [1.82, 2.24) is 9.55 Å². The summed E-state index contributed by atoms with van der Waals surface area (Å²) in [6, 6.07) is 20.8. The summed E-state index contributed by atoms with van der Waals surface area (Å²) in [6.45, 7) is 3.83. The van der Waals surface area contributed by atoms with Crippen molar-refractivity contribution in [3.05, 3.63) is 106 Å². The second-order valence-corrected chi connectivity index (χ2v) is 8.19. The Morgan fingerprint density at radius 2 is 1.87 bits per heavy atom. The second kappa shape index (κ2) is 11.1. The third-order valence-electron chi connectivity index (χ3n) is 5.74. The molecule has 0 aliphatic heterocycles. The van der Waals surface area contributed by atoms with Crippen molar-refractivity contribution in [3.8, 4) is 29.1 Å². The molecule has 0 fully saturated rings. The van der Waals surface area contributed by atoms with Gasteiger partial charge < -0.3 is 19.4 Å². The molecule has 2 aromatic carbocycles. The van der Waals surface area contributed by atoms with Crippen LogP contribution in [0, 0.1) is 35.3 Å². The smallest absolute Gasteiger partial charge is 0.287 e. The minimum atomic E-state index is -0.539. The molecular weight excluding hydrogens is 486 g/mol. The first kappa shape index (κ1) is 25.7. The van der Waals surface area contributed by atoms with E-state index in [-0.39, 0.29) is 17.1 Å². The summed E-state index contributed by atoms with van der Waals surface area (Å²) in [5.74, 6) is 0.702. The maximum absolute atomic E-state index is 12.8. The number of anilines is 1. The van der Waals surface area contributed by atoms with Crippen LogP contribution in [-0.2, 0) is 4.79 Å². The molecule has 1 amide bonds. The normalized spacial score (nSPS) is 10.9. The van der Waals surface area contributed by atoms with Gasteiger partial charge in [-0.25, -0.2) is 4.98 Å². The molecule has 2 heterocycles. The molecule has 4 aromatic rings. The van der Waals surface area contributed by atoms with E-state index in [1.54, 1.807) is 42.5 Å². The number of para-hydroxylation sites is 2. The van der Waals surface area contributed by atoms with Crippen LogP contribution in [0.15, 0.2) is 78.5 Å². The number of hydrogen-bond acceptors (Lipinski definition) is 7. The fraction of sp³-hybridized carbons (Fsp3) is 0.107. The SMILES string of the molecule is COc1ccccc1NC(=O)/C(C#N)=C/c1cc(C)n(-c2ccc(Oc3ccc([N+](=O)[O-])cn3)cc2)c1C. The zero-order chi connectivity index (χ0) is 27.2. The van der Waals surface area contributed by atoms with E-state index in [4.69, 9.17) is 9.47 Å². The molecule has 10 nitrogen and oxygen atoms in total. The van der Waals surface area contributed by atoms with Gasteiger partial charge >= 0.3 is 0 Å². The fourth-order valence-corrected chi connectivity index (χ4v) is 3.90. The Morgan fingerprint density at radius 1 is 1.13 bits per heavy atom. The molecule has 10 heteroatoms. The zero-order valence-corrected chi connectivity index (χ0v) is 20.8. The van der Waals surface area contributed by atoms with E-state index in [2.05, 4.69) is 10.3 Å². The number of ether oxygens (including phenoxy) is 2. The first-order valence-corrected chi connectivity index (χ1v) is 11.4. The highest BCUT2D eigenvalue weighted by Crippen LogP contribution is 2.27. The maximum Gasteiger partial charge on any atom is 0.287 e. The van der Waals surface area contributed by atoms with E-state index in [9.17, 15) is 20.2 Å². The van der Waals surface area contributed by atoms with E-state index in [1.165, 1.54) is 19.2 Å². The molecule has 0 radical (unpaired) electrons. The number of benzene rings is 2. The lowest BCUT2D eigenvalue weighted by atomic mass is 10.1. The number of rotatable bonds is 8. The number of methoxy groups -OCH3 is 1. The minimum absolute atomic E-state index is 0.0458. The molecule has 0 saturated carbocycles. The summed E-state index contributed by atoms with van der Waals surface area (Å²) < 4.78 is 12.9. The predicted molar refractivity (Wildman–Crippen MR) is 141 cm³/mol. The Bertz CT molecular complexity index is 1560. The standard InChI is InChI=1S/C28H23N5O5/c1-18-14-20(15-21(16-29)28(34)31-25-6-4-5-7-26(25)37-3)19(2)32(18)22-8-11-24(12-9-22)38-27-13-10-23(17-30-27)33(35)36/h4-15,17H,1-3H3,(H,31,34)/b21-15+. The van der Waals surface area contributed by atoms with Gasteiger partial charge in [0.2, 0.25) is 5.88 Å². The lowest BCUT2D eigenvalue weighted by Gasteiger charge is -2.11. The summed E-state index contributed by atoms with van der Waals surface area (Å²) in [5, 5.41) is 23.2. The number of carbonyl (C=O) groups excluding carboxylic acids is 1. The lowest BCUT2D eigenvalue weighted by molar-refractivity contribution is -0.385. The first-order valence-electron chi connectivity index (χ1n) is 11.4. The highest BCUT2D eigenvalue weighted by atomic mass is 16.6. The van der Waals surface area contributed by atoms with E-state index >= 15 is 0 Å². The Kier molecular flexibility index (Phi) is 7.49. The maximum atomic E-state index is 12.8. The summed E-state index contributed by atoms with van der Waals surface area (Å²) in [5.41, 5.74) is 3.62. The average molecular weight is 510 g/mol. The van der Waals surface area contributed by atoms with Gasteiger partial charge in [0.15, 0.2) is 0 Å². The summed E-state index contributed by atoms with van der Waals surface area (Å²) in [7, 11) is 1.51. The van der Waals surface area contributed by atoms with Gasteiger partial charge in [-0.1, -0.05) is 12.1 Å². The largest absolute Gasteiger partial charge is 0.495 e. The molecule has 38 heavy (non-hydrogen) atoms. The van der Waals surface area contributed by atoms with Crippen LogP contribution in [0.3, 0.4) is 0 Å². The van der Waals surface area contributed by atoms with E-state index in [1.807, 2.05) is 42.7 Å². The van der Waals surface area contributed by atoms with Crippen LogP contribution >= 0.6 is 0 Å². The van der Waals surface area contributed by atoms with Crippen molar-refractivity contribution in [2.45, 2.75) is 13.8 Å². The molecular formula is C28H23N5O5. The van der Waals surface area contributed by atoms with Gasteiger partial charge in [0.1, 0.15) is 29.3 Å². The number of nitro groups is 1. The summed E-state index contributed by atoms with van der Waals surface area (Å²) >= 11 is 0. The number of nitriles is 1. The quantitative estimate of drug-likeness (QED) is 0.138. The molecule has 2 aromatic heterocycles. The van der Waals surface area contributed by atoms with E-state index < -0.39 is 10.8 Å². The predicted octanol–water partition coefficient (Wildman–Crippen LogP) is 5.74. The Hall–Kier alpha value is -5.43.